The first kappa shape index (κ1) is 14.9. The Labute approximate surface area is 138 Å². The summed E-state index contributed by atoms with van der Waals surface area (Å²) < 4.78 is 0.771. The summed E-state index contributed by atoms with van der Waals surface area (Å²) in [5.41, 5.74) is 0.593. The van der Waals surface area contributed by atoms with Crippen molar-refractivity contribution in [3.8, 4) is 0 Å². The van der Waals surface area contributed by atoms with Crippen molar-refractivity contribution < 1.29 is 4.79 Å². The summed E-state index contributed by atoms with van der Waals surface area (Å²) in [5.74, 6) is 0.495. The molecule has 3 aliphatic heterocycles. The van der Waals surface area contributed by atoms with Crippen molar-refractivity contribution >= 4 is 39.2 Å². The van der Waals surface area contributed by atoms with E-state index in [-0.39, 0.29) is 5.91 Å². The monoisotopic (exact) mass is 367 g/mol. The third-order valence-corrected chi connectivity index (χ3v) is 5.23. The molecule has 3 aliphatic rings. The summed E-state index contributed by atoms with van der Waals surface area (Å²) in [6, 6.07) is 7.70. The van der Waals surface area contributed by atoms with E-state index in [4.69, 9.17) is 12.2 Å². The lowest BCUT2D eigenvalue weighted by Crippen LogP contribution is -2.59. The fraction of sp³-hybridized carbons (Fsp3) is 0.467. The van der Waals surface area contributed by atoms with E-state index in [2.05, 4.69) is 31.5 Å². The largest absolute Gasteiger partial charge is 0.358 e. The summed E-state index contributed by atoms with van der Waals surface area (Å²) in [7, 11) is 0. The van der Waals surface area contributed by atoms with Crippen molar-refractivity contribution in [1.82, 2.24) is 15.5 Å². The molecule has 1 amide bonds. The number of hydrogen-bond acceptors (Lipinski definition) is 3. The first-order valence-corrected chi connectivity index (χ1v) is 8.42. The third kappa shape index (κ3) is 3.44. The first-order chi connectivity index (χ1) is 10.1. The zero-order valence-electron chi connectivity index (χ0n) is 11.6. The lowest BCUT2D eigenvalue weighted by molar-refractivity contribution is 0.0807. The average molecular weight is 368 g/mol. The van der Waals surface area contributed by atoms with Gasteiger partial charge in [-0.1, -0.05) is 12.1 Å². The molecule has 0 radical (unpaired) electrons. The predicted octanol–water partition coefficient (Wildman–Crippen LogP) is 2.15. The Morgan fingerprint density at radius 1 is 1.29 bits per heavy atom. The van der Waals surface area contributed by atoms with Gasteiger partial charge < -0.3 is 10.2 Å². The van der Waals surface area contributed by atoms with E-state index in [1.165, 1.54) is 25.9 Å². The van der Waals surface area contributed by atoms with E-state index < -0.39 is 0 Å². The van der Waals surface area contributed by atoms with Crippen LogP contribution < -0.4 is 10.6 Å². The molecule has 6 heteroatoms. The minimum absolute atomic E-state index is 0.179. The van der Waals surface area contributed by atoms with E-state index in [9.17, 15) is 4.79 Å². The van der Waals surface area contributed by atoms with Crippen molar-refractivity contribution in [2.24, 2.45) is 5.92 Å². The molecule has 3 fully saturated rings. The molecule has 0 spiro atoms. The van der Waals surface area contributed by atoms with Crippen LogP contribution in [0.1, 0.15) is 23.2 Å². The maximum absolute atomic E-state index is 12.2. The molecule has 4 nitrogen and oxygen atoms in total. The molecule has 3 saturated heterocycles. The normalized spacial score (nSPS) is 27.2. The van der Waals surface area contributed by atoms with Crippen molar-refractivity contribution in [2.75, 3.05) is 19.6 Å². The minimum Gasteiger partial charge on any atom is -0.358 e. The van der Waals surface area contributed by atoms with Crippen LogP contribution in [0.3, 0.4) is 0 Å². The van der Waals surface area contributed by atoms with Crippen LogP contribution in [0.25, 0.3) is 0 Å². The van der Waals surface area contributed by atoms with Gasteiger partial charge in [-0.15, -0.1) is 0 Å². The summed E-state index contributed by atoms with van der Waals surface area (Å²) in [4.78, 5) is 14.7. The zero-order chi connectivity index (χ0) is 14.8. The Hall–Kier alpha value is -0.980. The molecule has 3 heterocycles. The smallest absolute Gasteiger partial charge is 0.258 e. The van der Waals surface area contributed by atoms with Crippen LogP contribution in [0.5, 0.6) is 0 Å². The van der Waals surface area contributed by atoms with Crippen LogP contribution in [-0.4, -0.2) is 41.6 Å². The molecule has 1 atom stereocenters. The molecule has 0 aliphatic carbocycles. The lowest BCUT2D eigenvalue weighted by Gasteiger charge is -2.45. The van der Waals surface area contributed by atoms with Crippen LogP contribution >= 0.6 is 28.1 Å². The van der Waals surface area contributed by atoms with Gasteiger partial charge in [-0.25, -0.2) is 0 Å². The zero-order valence-corrected chi connectivity index (χ0v) is 14.0. The number of piperidine rings is 3. The predicted molar refractivity (Wildman–Crippen MR) is 90.3 cm³/mol. The van der Waals surface area contributed by atoms with Gasteiger partial charge in [0.15, 0.2) is 5.11 Å². The van der Waals surface area contributed by atoms with Gasteiger partial charge in [0, 0.05) is 17.1 Å². The van der Waals surface area contributed by atoms with Crippen LogP contribution in [0.2, 0.25) is 0 Å². The number of halogens is 1. The Kier molecular flexibility index (Phi) is 4.57. The first-order valence-electron chi connectivity index (χ1n) is 7.22. The van der Waals surface area contributed by atoms with E-state index in [0.29, 0.717) is 22.6 Å². The van der Waals surface area contributed by atoms with Crippen LogP contribution in [-0.2, 0) is 0 Å². The number of nitrogens with zero attached hydrogens (tertiary/aromatic N) is 1. The highest BCUT2D eigenvalue weighted by molar-refractivity contribution is 9.10. The highest BCUT2D eigenvalue weighted by Gasteiger charge is 2.34. The molecule has 21 heavy (non-hydrogen) atoms. The maximum atomic E-state index is 12.2. The highest BCUT2D eigenvalue weighted by Crippen LogP contribution is 2.27. The standard InChI is InChI=1S/C15H18BrN3OS/c16-12-4-2-1-3-11(12)14(20)18-15(21)17-13-9-19-7-5-10(13)6-8-19/h1-4,10,13H,5-9H2,(H2,17,18,20,21). The third-order valence-electron chi connectivity index (χ3n) is 4.32. The molecule has 4 rings (SSSR count). The molecule has 0 aromatic heterocycles. The molecule has 2 N–H and O–H groups in total. The molecular formula is C15H18BrN3OS. The van der Waals surface area contributed by atoms with Crippen LogP contribution in [0, 0.1) is 5.92 Å². The van der Waals surface area contributed by atoms with E-state index in [0.717, 1.165) is 11.0 Å². The molecule has 2 bridgehead atoms. The van der Waals surface area contributed by atoms with Crippen molar-refractivity contribution in [1.29, 1.82) is 0 Å². The Bertz CT molecular complexity index is 558. The van der Waals surface area contributed by atoms with Crippen LogP contribution in [0.15, 0.2) is 28.7 Å². The van der Waals surface area contributed by atoms with Crippen molar-refractivity contribution in [3.63, 3.8) is 0 Å². The number of nitrogens with one attached hydrogen (secondary N) is 2. The van der Waals surface area contributed by atoms with Gasteiger partial charge in [0.25, 0.3) is 5.91 Å². The fourth-order valence-electron chi connectivity index (χ4n) is 3.15. The molecule has 0 saturated carbocycles. The number of thiocarbonyl (C=S) groups is 1. The second-order valence-corrected chi connectivity index (χ2v) is 6.91. The number of rotatable bonds is 2. The summed E-state index contributed by atoms with van der Waals surface area (Å²) >= 11 is 8.67. The topological polar surface area (TPSA) is 44.4 Å². The van der Waals surface area contributed by atoms with Gasteiger partial charge in [-0.3, -0.25) is 10.1 Å². The van der Waals surface area contributed by atoms with Gasteiger partial charge in [-0.2, -0.15) is 0 Å². The van der Waals surface area contributed by atoms with Gasteiger partial charge in [0.2, 0.25) is 0 Å². The molecular weight excluding hydrogens is 350 g/mol. The van der Waals surface area contributed by atoms with Gasteiger partial charge in [0.1, 0.15) is 0 Å². The maximum Gasteiger partial charge on any atom is 0.258 e. The van der Waals surface area contributed by atoms with E-state index >= 15 is 0 Å². The summed E-state index contributed by atoms with van der Waals surface area (Å²) in [5, 5.41) is 6.52. The molecule has 1 aromatic carbocycles. The Morgan fingerprint density at radius 2 is 2.00 bits per heavy atom. The van der Waals surface area contributed by atoms with Crippen molar-refractivity contribution in [2.45, 2.75) is 18.9 Å². The highest BCUT2D eigenvalue weighted by atomic mass is 79.9. The van der Waals surface area contributed by atoms with E-state index in [1.54, 1.807) is 6.07 Å². The fourth-order valence-corrected chi connectivity index (χ4v) is 3.86. The number of amides is 1. The number of benzene rings is 1. The number of carbonyl (C=O) groups is 1. The minimum atomic E-state index is -0.179. The summed E-state index contributed by atoms with van der Waals surface area (Å²) in [6.45, 7) is 3.41. The quantitative estimate of drug-likeness (QED) is 0.786. The number of fused-ring (bicyclic) bond motifs is 3. The summed E-state index contributed by atoms with van der Waals surface area (Å²) in [6.07, 6.45) is 2.44. The van der Waals surface area contributed by atoms with Gasteiger partial charge in [-0.05, 0) is 72.1 Å². The lowest BCUT2D eigenvalue weighted by atomic mass is 9.84. The average Bonchev–Trinajstić information content (AvgIpc) is 2.48. The number of hydrogen-bond donors (Lipinski definition) is 2. The Morgan fingerprint density at radius 3 is 2.62 bits per heavy atom. The second kappa shape index (κ2) is 6.42. The Balaban J connectivity index is 1.57. The van der Waals surface area contributed by atoms with Gasteiger partial charge in [0.05, 0.1) is 5.56 Å². The second-order valence-electron chi connectivity index (χ2n) is 5.65. The SMILES string of the molecule is O=C(NC(=S)NC1CN2CCC1CC2)c1ccccc1Br. The van der Waals surface area contributed by atoms with Crippen molar-refractivity contribution in [3.05, 3.63) is 34.3 Å². The van der Waals surface area contributed by atoms with E-state index in [1.807, 2.05) is 18.2 Å². The molecule has 1 unspecified atom stereocenters. The van der Waals surface area contributed by atoms with Crippen LogP contribution in [0.4, 0.5) is 0 Å². The van der Waals surface area contributed by atoms with Gasteiger partial charge >= 0.3 is 0 Å². The molecule has 1 aromatic rings. The number of carbonyl (C=O) groups excluding carboxylic acids is 1. The molecule has 112 valence electrons.